The van der Waals surface area contributed by atoms with E-state index in [0.29, 0.717) is 5.82 Å². The van der Waals surface area contributed by atoms with Gasteiger partial charge in [-0.05, 0) is 28.9 Å². The van der Waals surface area contributed by atoms with Crippen LogP contribution in [0, 0.1) is 18.3 Å². The summed E-state index contributed by atoms with van der Waals surface area (Å²) in [5.41, 5.74) is 3.67. The number of H-pyrrole nitrogens is 1. The van der Waals surface area contributed by atoms with Crippen molar-refractivity contribution in [2.75, 3.05) is 18.4 Å². The summed E-state index contributed by atoms with van der Waals surface area (Å²) in [5, 5.41) is 18.9. The summed E-state index contributed by atoms with van der Waals surface area (Å²) in [6.45, 7) is 3.88. The Hall–Kier alpha value is -1.62. The van der Waals surface area contributed by atoms with Gasteiger partial charge in [-0.15, -0.1) is 0 Å². The maximum Gasteiger partial charge on any atom is 0.211 e. The van der Waals surface area contributed by atoms with E-state index < -0.39 is 0 Å². The fourth-order valence-corrected chi connectivity index (χ4v) is 2.90. The number of fused-ring (bicyclic) bond motifs is 1. The molecule has 19 heavy (non-hydrogen) atoms. The molecule has 1 aliphatic rings. The number of hydrogen-bond donors (Lipinski definition) is 4. The lowest BCUT2D eigenvalue weighted by Gasteiger charge is -2.18. The van der Waals surface area contributed by atoms with Crippen molar-refractivity contribution in [3.05, 3.63) is 21.9 Å². The highest BCUT2D eigenvalue weighted by Gasteiger charge is 2.17. The molecule has 2 heterocycles. The summed E-state index contributed by atoms with van der Waals surface area (Å²) in [6, 6.07) is 3.97. The van der Waals surface area contributed by atoms with Gasteiger partial charge in [-0.25, -0.2) is 4.98 Å². The summed E-state index contributed by atoms with van der Waals surface area (Å²) in [7, 11) is 0. The molecule has 0 atom stereocenters. The van der Waals surface area contributed by atoms with Gasteiger partial charge < -0.3 is 10.3 Å². The average molecular weight is 321 g/mol. The zero-order valence-corrected chi connectivity index (χ0v) is 11.9. The van der Waals surface area contributed by atoms with Crippen LogP contribution in [0.3, 0.4) is 0 Å². The van der Waals surface area contributed by atoms with E-state index in [0.717, 1.165) is 39.8 Å². The minimum absolute atomic E-state index is 0.0572. The number of halogens is 1. The maximum absolute atomic E-state index is 8.91. The van der Waals surface area contributed by atoms with Crippen molar-refractivity contribution < 1.29 is 0 Å². The van der Waals surface area contributed by atoms with E-state index in [-0.39, 0.29) is 6.29 Å². The molecular formula is C12H13BrN6. The molecule has 0 bridgehead atoms. The monoisotopic (exact) mass is 320 g/mol. The Bertz CT molecular complexity index is 665. The van der Waals surface area contributed by atoms with Gasteiger partial charge in [0.2, 0.25) is 5.82 Å². The lowest BCUT2D eigenvalue weighted by atomic mass is 10.1. The Balaban J connectivity index is 2.05. The first-order valence-corrected chi connectivity index (χ1v) is 6.80. The number of imidazole rings is 1. The van der Waals surface area contributed by atoms with E-state index >= 15 is 0 Å². The molecule has 1 fully saturated rings. The van der Waals surface area contributed by atoms with Gasteiger partial charge in [0.1, 0.15) is 12.4 Å². The highest BCUT2D eigenvalue weighted by Crippen LogP contribution is 2.32. The van der Waals surface area contributed by atoms with Crippen molar-refractivity contribution in [1.29, 1.82) is 5.26 Å². The van der Waals surface area contributed by atoms with E-state index in [1.54, 1.807) is 0 Å². The van der Waals surface area contributed by atoms with Crippen LogP contribution in [-0.4, -0.2) is 29.3 Å². The Morgan fingerprint density at radius 2 is 2.21 bits per heavy atom. The van der Waals surface area contributed by atoms with Gasteiger partial charge in [0.05, 0.1) is 16.7 Å². The van der Waals surface area contributed by atoms with Crippen LogP contribution in [0.2, 0.25) is 0 Å². The quantitative estimate of drug-likeness (QED) is 0.671. The molecule has 0 radical (unpaired) electrons. The molecule has 0 aliphatic carbocycles. The molecule has 7 heteroatoms. The van der Waals surface area contributed by atoms with Crippen LogP contribution >= 0.6 is 15.9 Å². The lowest BCUT2D eigenvalue weighted by molar-refractivity contribution is 0.620. The van der Waals surface area contributed by atoms with E-state index in [9.17, 15) is 0 Å². The summed E-state index contributed by atoms with van der Waals surface area (Å²) < 4.78 is 0.945. The van der Waals surface area contributed by atoms with Crippen LogP contribution in [0.15, 0.2) is 10.5 Å². The molecule has 1 aromatic carbocycles. The van der Waals surface area contributed by atoms with Gasteiger partial charge in [-0.2, -0.15) is 5.26 Å². The third kappa shape index (κ3) is 2.18. The minimum atomic E-state index is 0.0572. The summed E-state index contributed by atoms with van der Waals surface area (Å²) in [5.74, 6) is 0.333. The second-order valence-electron chi connectivity index (χ2n) is 4.44. The summed E-state index contributed by atoms with van der Waals surface area (Å²) in [4.78, 5) is 7.28. The molecule has 3 rings (SSSR count). The van der Waals surface area contributed by atoms with Crippen molar-refractivity contribution in [1.82, 2.24) is 20.6 Å². The maximum atomic E-state index is 8.91. The molecule has 1 aliphatic heterocycles. The SMILES string of the molecule is Cc1c(NC2NCCN2)c(Br)cc2[nH]c(C#N)nc12. The van der Waals surface area contributed by atoms with Gasteiger partial charge in [-0.1, -0.05) is 0 Å². The second kappa shape index (κ2) is 4.81. The number of aromatic nitrogens is 2. The molecule has 1 saturated heterocycles. The number of nitrogens with one attached hydrogen (secondary N) is 4. The summed E-state index contributed by atoms with van der Waals surface area (Å²) in [6.07, 6.45) is 0.0572. The van der Waals surface area contributed by atoms with E-state index in [1.165, 1.54) is 0 Å². The van der Waals surface area contributed by atoms with Gasteiger partial charge >= 0.3 is 0 Å². The van der Waals surface area contributed by atoms with Crippen molar-refractivity contribution in [3.63, 3.8) is 0 Å². The third-order valence-corrected chi connectivity index (χ3v) is 3.81. The highest BCUT2D eigenvalue weighted by atomic mass is 79.9. The van der Waals surface area contributed by atoms with Crippen LogP contribution in [0.5, 0.6) is 0 Å². The molecule has 0 unspecified atom stereocenters. The number of hydrogen-bond acceptors (Lipinski definition) is 5. The predicted octanol–water partition coefficient (Wildman–Crippen LogP) is 1.39. The third-order valence-electron chi connectivity index (χ3n) is 3.19. The first-order valence-electron chi connectivity index (χ1n) is 6.01. The zero-order valence-electron chi connectivity index (χ0n) is 10.3. The molecule has 6 nitrogen and oxygen atoms in total. The Morgan fingerprint density at radius 1 is 1.47 bits per heavy atom. The number of benzene rings is 1. The standard InChI is InChI=1S/C12H13BrN6/c1-6-10(19-12-15-2-3-16-12)7(13)4-8-11(6)18-9(5-14)17-8/h4,12,15-16,19H,2-3H2,1H3,(H,17,18). The van der Waals surface area contributed by atoms with E-state index in [4.69, 9.17) is 5.26 Å². The fraction of sp³-hybridized carbons (Fsp3) is 0.333. The first kappa shape index (κ1) is 12.4. The number of anilines is 1. The van der Waals surface area contributed by atoms with Crippen LogP contribution < -0.4 is 16.0 Å². The van der Waals surface area contributed by atoms with Crippen molar-refractivity contribution in [2.24, 2.45) is 0 Å². The first-order chi connectivity index (χ1) is 9.19. The van der Waals surface area contributed by atoms with Crippen LogP contribution in [0.4, 0.5) is 5.69 Å². The van der Waals surface area contributed by atoms with Gasteiger partial charge in [0.25, 0.3) is 0 Å². The van der Waals surface area contributed by atoms with Crippen molar-refractivity contribution >= 4 is 32.7 Å². The molecule has 0 amide bonds. The lowest BCUT2D eigenvalue weighted by Crippen LogP contribution is -2.39. The number of aromatic amines is 1. The molecule has 0 spiro atoms. The van der Waals surface area contributed by atoms with Crippen LogP contribution in [0.25, 0.3) is 11.0 Å². The molecule has 98 valence electrons. The fourth-order valence-electron chi connectivity index (χ4n) is 2.26. The number of rotatable bonds is 2. The van der Waals surface area contributed by atoms with Crippen LogP contribution in [-0.2, 0) is 0 Å². The number of nitrogens with zero attached hydrogens (tertiary/aromatic N) is 2. The molecule has 4 N–H and O–H groups in total. The van der Waals surface area contributed by atoms with Gasteiger partial charge in [0.15, 0.2) is 0 Å². The number of nitriles is 1. The number of aryl methyl sites for hydroxylation is 1. The molecule has 1 aromatic heterocycles. The molecular weight excluding hydrogens is 308 g/mol. The largest absolute Gasteiger partial charge is 0.356 e. The Labute approximate surface area is 118 Å². The van der Waals surface area contributed by atoms with E-state index in [1.807, 2.05) is 19.1 Å². The summed E-state index contributed by atoms with van der Waals surface area (Å²) >= 11 is 3.56. The zero-order chi connectivity index (χ0) is 13.4. The Morgan fingerprint density at radius 3 is 2.89 bits per heavy atom. The normalized spacial score (nSPS) is 15.8. The van der Waals surface area contributed by atoms with Crippen molar-refractivity contribution in [3.8, 4) is 6.07 Å². The highest BCUT2D eigenvalue weighted by molar-refractivity contribution is 9.10. The molecule has 2 aromatic rings. The van der Waals surface area contributed by atoms with Crippen molar-refractivity contribution in [2.45, 2.75) is 13.2 Å². The van der Waals surface area contributed by atoms with Gasteiger partial charge in [0, 0.05) is 23.1 Å². The van der Waals surface area contributed by atoms with Crippen LogP contribution in [0.1, 0.15) is 11.4 Å². The predicted molar refractivity (Wildman–Crippen MR) is 76.7 cm³/mol. The smallest absolute Gasteiger partial charge is 0.211 e. The Kier molecular flexibility index (Phi) is 3.14. The average Bonchev–Trinajstić information content (AvgIpc) is 3.03. The second-order valence-corrected chi connectivity index (χ2v) is 5.29. The molecule has 0 saturated carbocycles. The van der Waals surface area contributed by atoms with Gasteiger partial charge in [-0.3, -0.25) is 10.6 Å². The topological polar surface area (TPSA) is 88.6 Å². The minimum Gasteiger partial charge on any atom is -0.356 e. The van der Waals surface area contributed by atoms with E-state index in [2.05, 4.69) is 41.8 Å².